The van der Waals surface area contributed by atoms with Crippen LogP contribution in [0.3, 0.4) is 0 Å². The minimum Gasteiger partial charge on any atom is -0.457 e. The van der Waals surface area contributed by atoms with Crippen molar-refractivity contribution in [2.45, 2.75) is 43.9 Å². The Kier molecular flexibility index (Phi) is 5.19. The third kappa shape index (κ3) is 3.64. The number of benzene rings is 3. The highest BCUT2D eigenvalue weighted by Crippen LogP contribution is 2.55. The van der Waals surface area contributed by atoms with Crippen molar-refractivity contribution in [1.29, 1.82) is 0 Å². The van der Waals surface area contributed by atoms with Gasteiger partial charge < -0.3 is 4.74 Å². The van der Waals surface area contributed by atoms with E-state index in [1.165, 1.54) is 59.6 Å². The summed E-state index contributed by atoms with van der Waals surface area (Å²) in [5.41, 5.74) is 8.44. The molecule has 4 aliphatic rings. The van der Waals surface area contributed by atoms with Gasteiger partial charge in [0.1, 0.15) is 11.5 Å². The summed E-state index contributed by atoms with van der Waals surface area (Å²) in [5.74, 6) is 2.35. The number of aliphatic imine (C=N–C) groups is 1. The van der Waals surface area contributed by atoms with Crippen LogP contribution in [0.15, 0.2) is 102 Å². The lowest BCUT2D eigenvalue weighted by Crippen LogP contribution is -2.35. The van der Waals surface area contributed by atoms with Crippen molar-refractivity contribution in [2.24, 2.45) is 10.9 Å². The average molecular weight is 507 g/mol. The standard InChI is InChI=1S/C36H30N2O/c1-4-20-36(21-5-1)29-8-2-3-9-32(29)39-33-19-17-28(23-30(33)36)24-10-12-25(13-11-24)31-18-16-27-15-14-26-7-6-22-37-34(26)35(27)38-31/h2-3,6-14,16-19,22-23,27H,1,4-5,15,20-21H2. The van der Waals surface area contributed by atoms with Crippen molar-refractivity contribution in [1.82, 2.24) is 4.98 Å². The molecule has 3 heterocycles. The topological polar surface area (TPSA) is 34.5 Å². The highest BCUT2D eigenvalue weighted by atomic mass is 16.5. The Morgan fingerprint density at radius 1 is 0.744 bits per heavy atom. The molecule has 39 heavy (non-hydrogen) atoms. The van der Waals surface area contributed by atoms with Gasteiger partial charge in [0.05, 0.1) is 16.8 Å². The van der Waals surface area contributed by atoms with E-state index in [9.17, 15) is 0 Å². The number of ether oxygens (including phenoxy) is 1. The van der Waals surface area contributed by atoms with Crippen LogP contribution in [0.5, 0.6) is 11.5 Å². The third-order valence-corrected chi connectivity index (χ3v) is 9.09. The molecule has 3 heteroatoms. The van der Waals surface area contributed by atoms with E-state index < -0.39 is 0 Å². The molecular formula is C36H30N2O. The zero-order valence-corrected chi connectivity index (χ0v) is 21.9. The molecule has 3 aromatic carbocycles. The van der Waals surface area contributed by atoms with Crippen molar-refractivity contribution in [3.63, 3.8) is 0 Å². The largest absolute Gasteiger partial charge is 0.457 e. The third-order valence-electron chi connectivity index (χ3n) is 9.09. The van der Waals surface area contributed by atoms with Crippen molar-refractivity contribution in [3.8, 4) is 22.6 Å². The van der Waals surface area contributed by atoms with E-state index >= 15 is 0 Å². The highest BCUT2D eigenvalue weighted by molar-refractivity contribution is 6.11. The first kappa shape index (κ1) is 22.7. The van der Waals surface area contributed by atoms with Crippen LogP contribution < -0.4 is 15.3 Å². The fraction of sp³-hybridized carbons (Fsp3) is 0.222. The van der Waals surface area contributed by atoms with Crippen LogP contribution in [-0.4, -0.2) is 10.7 Å². The molecule has 2 aliphatic carbocycles. The molecule has 0 bridgehead atoms. The molecule has 0 saturated heterocycles. The van der Waals surface area contributed by atoms with E-state index in [-0.39, 0.29) is 5.41 Å². The van der Waals surface area contributed by atoms with E-state index in [1.54, 1.807) is 0 Å². The Labute approximate surface area is 228 Å². The number of para-hydroxylation sites is 1. The molecule has 1 spiro atoms. The molecule has 4 aromatic rings. The number of hydrogen-bond acceptors (Lipinski definition) is 3. The maximum Gasteiger partial charge on any atom is 0.131 e. The molecule has 2 aliphatic heterocycles. The van der Waals surface area contributed by atoms with E-state index in [1.807, 2.05) is 12.3 Å². The molecule has 8 rings (SSSR count). The van der Waals surface area contributed by atoms with Gasteiger partial charge in [-0.15, -0.1) is 0 Å². The van der Waals surface area contributed by atoms with E-state index in [2.05, 4.69) is 96.0 Å². The Morgan fingerprint density at radius 2 is 1.54 bits per heavy atom. The summed E-state index contributed by atoms with van der Waals surface area (Å²) in [7, 11) is 0. The number of fused-ring (bicyclic) bond motifs is 6. The summed E-state index contributed by atoms with van der Waals surface area (Å²) in [5, 5.41) is 2.20. The summed E-state index contributed by atoms with van der Waals surface area (Å²) in [4.78, 5) is 9.75. The molecule has 3 nitrogen and oxygen atoms in total. The van der Waals surface area contributed by atoms with E-state index in [4.69, 9.17) is 9.73 Å². The summed E-state index contributed by atoms with van der Waals surface area (Å²) in [6, 6.07) is 28.4. The van der Waals surface area contributed by atoms with Crippen molar-refractivity contribution in [2.75, 3.05) is 0 Å². The van der Waals surface area contributed by atoms with Crippen LogP contribution in [0.1, 0.15) is 55.2 Å². The minimum absolute atomic E-state index is 0.0511. The monoisotopic (exact) mass is 506 g/mol. The smallest absolute Gasteiger partial charge is 0.131 e. The van der Waals surface area contributed by atoms with Crippen molar-refractivity contribution < 1.29 is 4.74 Å². The molecule has 1 saturated carbocycles. The molecule has 1 aromatic heterocycles. The van der Waals surface area contributed by atoms with Crippen LogP contribution in [0, 0.1) is 5.92 Å². The number of pyridine rings is 1. The van der Waals surface area contributed by atoms with Crippen LogP contribution >= 0.6 is 0 Å². The van der Waals surface area contributed by atoms with E-state index in [0.29, 0.717) is 5.92 Å². The maximum absolute atomic E-state index is 6.43. The number of dihydropyridines is 1. The van der Waals surface area contributed by atoms with Gasteiger partial charge in [-0.2, -0.15) is 0 Å². The van der Waals surface area contributed by atoms with Crippen LogP contribution in [0.2, 0.25) is 0 Å². The van der Waals surface area contributed by atoms with Gasteiger partial charge in [0.2, 0.25) is 0 Å². The average Bonchev–Trinajstić information content (AvgIpc) is 3.01. The van der Waals surface area contributed by atoms with Gasteiger partial charge in [0.25, 0.3) is 0 Å². The van der Waals surface area contributed by atoms with E-state index in [0.717, 1.165) is 40.2 Å². The predicted molar refractivity (Wildman–Crippen MR) is 157 cm³/mol. The Morgan fingerprint density at radius 3 is 2.44 bits per heavy atom. The Hall–Kier alpha value is -4.24. The lowest BCUT2D eigenvalue weighted by molar-refractivity contribution is 0.306. The molecule has 0 radical (unpaired) electrons. The lowest BCUT2D eigenvalue weighted by atomic mass is 9.63. The molecule has 1 atom stereocenters. The molecule has 190 valence electrons. The second-order valence-electron chi connectivity index (χ2n) is 11.3. The zero-order valence-electron chi connectivity index (χ0n) is 21.9. The summed E-state index contributed by atoms with van der Waals surface area (Å²) >= 11 is 0. The van der Waals surface area contributed by atoms with Gasteiger partial charge in [0, 0.05) is 34.2 Å². The molecule has 1 unspecified atom stereocenters. The fourth-order valence-electron chi connectivity index (χ4n) is 7.09. The first-order chi connectivity index (χ1) is 19.3. The fourth-order valence-corrected chi connectivity index (χ4v) is 7.09. The first-order valence-electron chi connectivity index (χ1n) is 14.2. The molecule has 0 amide bonds. The van der Waals surface area contributed by atoms with Crippen LogP contribution in [0.25, 0.3) is 22.9 Å². The van der Waals surface area contributed by atoms with Gasteiger partial charge in [-0.3, -0.25) is 4.98 Å². The second-order valence-corrected chi connectivity index (χ2v) is 11.3. The number of hydrogen-bond donors (Lipinski definition) is 0. The SMILES string of the molecule is C1=CC2CC=c3cccnc3=C2N=C1c1ccc(-c2ccc3c(c2)C2(CCCCC2)c2ccccc2O3)cc1. The van der Waals surface area contributed by atoms with Gasteiger partial charge in [0.15, 0.2) is 0 Å². The highest BCUT2D eigenvalue weighted by Gasteiger charge is 2.42. The van der Waals surface area contributed by atoms with Crippen LogP contribution in [-0.2, 0) is 5.41 Å². The normalized spacial score (nSPS) is 20.1. The molecule has 0 N–H and O–H groups in total. The summed E-state index contributed by atoms with van der Waals surface area (Å²) in [6.45, 7) is 0. The number of aromatic nitrogens is 1. The lowest BCUT2D eigenvalue weighted by Gasteiger charge is -2.43. The molecule has 1 fully saturated rings. The number of rotatable bonds is 2. The van der Waals surface area contributed by atoms with Crippen LogP contribution in [0.4, 0.5) is 0 Å². The second kappa shape index (κ2) is 8.91. The van der Waals surface area contributed by atoms with Crippen molar-refractivity contribution in [3.05, 3.63) is 124 Å². The van der Waals surface area contributed by atoms with Gasteiger partial charge in [-0.05, 0) is 65.9 Å². The Balaban J connectivity index is 1.16. The summed E-state index contributed by atoms with van der Waals surface area (Å²) in [6.07, 6.45) is 15.8. The van der Waals surface area contributed by atoms with Gasteiger partial charge >= 0.3 is 0 Å². The number of allylic oxidation sites excluding steroid dienone is 1. The first-order valence-corrected chi connectivity index (χ1v) is 14.2. The van der Waals surface area contributed by atoms with Gasteiger partial charge in [-0.25, -0.2) is 4.99 Å². The predicted octanol–water partition coefficient (Wildman–Crippen LogP) is 7.07. The molecular weight excluding hydrogens is 476 g/mol. The minimum atomic E-state index is 0.0511. The Bertz CT molecular complexity index is 1790. The number of nitrogens with zero attached hydrogens (tertiary/aromatic N) is 2. The quantitative estimate of drug-likeness (QED) is 0.291. The summed E-state index contributed by atoms with van der Waals surface area (Å²) < 4.78 is 6.43. The zero-order chi connectivity index (χ0) is 25.8. The van der Waals surface area contributed by atoms with Gasteiger partial charge in [-0.1, -0.05) is 86.0 Å². The maximum atomic E-state index is 6.43. The van der Waals surface area contributed by atoms with Crippen molar-refractivity contribution >= 4 is 17.5 Å².